The Hall–Kier alpha value is -0.160. The lowest BCUT2D eigenvalue weighted by Gasteiger charge is -2.47. The maximum atomic E-state index is 6.46. The average Bonchev–Trinajstić information content (AvgIpc) is 2.33. The SMILES string of the molecule is CC(C)O[C@H]1CCCN(CC(C)OC2CC(C)(C)NC(C)(C)C2)C1. The molecule has 2 aliphatic rings. The Balaban J connectivity index is 1.81. The van der Waals surface area contributed by atoms with E-state index in [0.29, 0.717) is 18.3 Å². The molecule has 0 spiro atoms. The van der Waals surface area contributed by atoms with Crippen LogP contribution >= 0.6 is 0 Å². The van der Waals surface area contributed by atoms with Crippen LogP contribution in [0.25, 0.3) is 0 Å². The lowest BCUT2D eigenvalue weighted by molar-refractivity contribution is -0.0796. The van der Waals surface area contributed by atoms with Crippen LogP contribution in [-0.4, -0.2) is 60.0 Å². The van der Waals surface area contributed by atoms with E-state index < -0.39 is 0 Å². The summed E-state index contributed by atoms with van der Waals surface area (Å²) in [6, 6.07) is 0. The lowest BCUT2D eigenvalue weighted by Crippen LogP contribution is -2.60. The van der Waals surface area contributed by atoms with Crippen molar-refractivity contribution in [2.24, 2.45) is 0 Å². The fourth-order valence-corrected chi connectivity index (χ4v) is 4.73. The Bertz CT molecular complexity index is 379. The van der Waals surface area contributed by atoms with E-state index in [2.05, 4.69) is 58.7 Å². The second-order valence-electron chi connectivity index (χ2n) is 9.58. The molecule has 0 aliphatic carbocycles. The van der Waals surface area contributed by atoms with Gasteiger partial charge in [-0.3, -0.25) is 4.90 Å². The van der Waals surface area contributed by atoms with Gasteiger partial charge in [0.15, 0.2) is 0 Å². The Kier molecular flexibility index (Phi) is 6.74. The topological polar surface area (TPSA) is 33.7 Å². The minimum atomic E-state index is 0.146. The summed E-state index contributed by atoms with van der Waals surface area (Å²) in [5, 5.41) is 3.73. The molecule has 2 rings (SSSR count). The summed E-state index contributed by atoms with van der Waals surface area (Å²) in [4.78, 5) is 2.53. The van der Waals surface area contributed by atoms with Gasteiger partial charge in [0.05, 0.1) is 24.4 Å². The number of nitrogens with one attached hydrogen (secondary N) is 1. The van der Waals surface area contributed by atoms with Crippen molar-refractivity contribution >= 4 is 0 Å². The Morgan fingerprint density at radius 3 is 2.21 bits per heavy atom. The molecule has 2 heterocycles. The van der Waals surface area contributed by atoms with Crippen LogP contribution in [0.3, 0.4) is 0 Å². The zero-order chi connectivity index (χ0) is 18.0. The quantitative estimate of drug-likeness (QED) is 0.801. The van der Waals surface area contributed by atoms with Gasteiger partial charge >= 0.3 is 0 Å². The van der Waals surface area contributed by atoms with Crippen LogP contribution in [-0.2, 0) is 9.47 Å². The first-order valence-corrected chi connectivity index (χ1v) is 9.87. The summed E-state index contributed by atoms with van der Waals surface area (Å²) in [6.07, 6.45) is 5.93. The fourth-order valence-electron chi connectivity index (χ4n) is 4.73. The van der Waals surface area contributed by atoms with Gasteiger partial charge in [-0.05, 0) is 80.7 Å². The Morgan fingerprint density at radius 2 is 1.62 bits per heavy atom. The molecule has 0 bridgehead atoms. The van der Waals surface area contributed by atoms with Crippen LogP contribution in [0, 0.1) is 0 Å². The number of nitrogens with zero attached hydrogens (tertiary/aromatic N) is 1. The van der Waals surface area contributed by atoms with Crippen molar-refractivity contribution in [1.29, 1.82) is 0 Å². The highest BCUT2D eigenvalue weighted by molar-refractivity contribution is 4.97. The van der Waals surface area contributed by atoms with Gasteiger partial charge in [-0.25, -0.2) is 0 Å². The molecule has 0 aromatic rings. The zero-order valence-electron chi connectivity index (χ0n) is 17.0. The van der Waals surface area contributed by atoms with Crippen molar-refractivity contribution in [1.82, 2.24) is 10.2 Å². The number of likely N-dealkylation sites (tertiary alicyclic amines) is 1. The smallest absolute Gasteiger partial charge is 0.0705 e. The van der Waals surface area contributed by atoms with E-state index in [0.717, 1.165) is 25.9 Å². The molecule has 1 unspecified atom stereocenters. The molecule has 4 nitrogen and oxygen atoms in total. The molecule has 0 aromatic carbocycles. The Labute approximate surface area is 149 Å². The molecule has 24 heavy (non-hydrogen) atoms. The van der Waals surface area contributed by atoms with Gasteiger partial charge in [-0.1, -0.05) is 0 Å². The summed E-state index contributed by atoms with van der Waals surface area (Å²) in [7, 11) is 0. The number of hydrogen-bond acceptors (Lipinski definition) is 4. The molecule has 4 heteroatoms. The fraction of sp³-hybridized carbons (Fsp3) is 1.00. The average molecular weight is 341 g/mol. The number of ether oxygens (including phenoxy) is 2. The zero-order valence-corrected chi connectivity index (χ0v) is 17.0. The van der Waals surface area contributed by atoms with E-state index in [1.54, 1.807) is 0 Å². The molecule has 0 aromatic heterocycles. The highest BCUT2D eigenvalue weighted by Crippen LogP contribution is 2.31. The van der Waals surface area contributed by atoms with Crippen LogP contribution in [0.4, 0.5) is 0 Å². The van der Waals surface area contributed by atoms with E-state index in [1.165, 1.54) is 19.4 Å². The largest absolute Gasteiger partial charge is 0.374 e. The highest BCUT2D eigenvalue weighted by atomic mass is 16.5. The molecule has 2 atom stereocenters. The third-order valence-electron chi connectivity index (χ3n) is 5.02. The first kappa shape index (κ1) is 20.2. The highest BCUT2D eigenvalue weighted by Gasteiger charge is 2.38. The standard InChI is InChI=1S/C20H40N2O2/c1-15(2)23-17-9-8-10-22(14-17)13-16(3)24-18-11-19(4,5)21-20(6,7)12-18/h15-18,21H,8-14H2,1-7H3/t16?,17-/m0/s1. The van der Waals surface area contributed by atoms with Crippen molar-refractivity contribution in [2.45, 2.75) is 110 Å². The van der Waals surface area contributed by atoms with Crippen molar-refractivity contribution in [3.05, 3.63) is 0 Å². The molecule has 142 valence electrons. The first-order valence-electron chi connectivity index (χ1n) is 9.87. The maximum Gasteiger partial charge on any atom is 0.0705 e. The van der Waals surface area contributed by atoms with Gasteiger partial charge < -0.3 is 14.8 Å². The van der Waals surface area contributed by atoms with Gasteiger partial charge in [0, 0.05) is 24.2 Å². The molecule has 2 saturated heterocycles. The number of piperidine rings is 2. The van der Waals surface area contributed by atoms with E-state index in [4.69, 9.17) is 9.47 Å². The van der Waals surface area contributed by atoms with Crippen molar-refractivity contribution in [3.8, 4) is 0 Å². The maximum absolute atomic E-state index is 6.46. The van der Waals surface area contributed by atoms with Crippen LogP contribution < -0.4 is 5.32 Å². The molecule has 2 fully saturated rings. The lowest BCUT2D eigenvalue weighted by atomic mass is 9.81. The van der Waals surface area contributed by atoms with Crippen LogP contribution in [0.5, 0.6) is 0 Å². The van der Waals surface area contributed by atoms with Crippen LogP contribution in [0.2, 0.25) is 0 Å². The minimum Gasteiger partial charge on any atom is -0.374 e. The van der Waals surface area contributed by atoms with Crippen molar-refractivity contribution in [2.75, 3.05) is 19.6 Å². The summed E-state index contributed by atoms with van der Waals surface area (Å²) in [6.45, 7) is 18.9. The minimum absolute atomic E-state index is 0.146. The van der Waals surface area contributed by atoms with Crippen LogP contribution in [0.1, 0.15) is 74.1 Å². The van der Waals surface area contributed by atoms with Crippen LogP contribution in [0.15, 0.2) is 0 Å². The number of hydrogen-bond donors (Lipinski definition) is 1. The summed E-state index contributed by atoms with van der Waals surface area (Å²) in [5.41, 5.74) is 0.293. The van der Waals surface area contributed by atoms with E-state index >= 15 is 0 Å². The second-order valence-corrected chi connectivity index (χ2v) is 9.58. The van der Waals surface area contributed by atoms with E-state index in [-0.39, 0.29) is 17.2 Å². The van der Waals surface area contributed by atoms with Gasteiger partial charge in [0.2, 0.25) is 0 Å². The molecular weight excluding hydrogens is 300 g/mol. The van der Waals surface area contributed by atoms with Crippen molar-refractivity contribution in [3.63, 3.8) is 0 Å². The second kappa shape index (κ2) is 8.03. The normalized spacial score (nSPS) is 29.8. The third-order valence-corrected chi connectivity index (χ3v) is 5.02. The molecular formula is C20H40N2O2. The summed E-state index contributed by atoms with van der Waals surface area (Å²) >= 11 is 0. The first-order chi connectivity index (χ1) is 11.0. The molecule has 0 amide bonds. The van der Waals surface area contributed by atoms with Gasteiger partial charge in [0.1, 0.15) is 0 Å². The number of rotatable bonds is 6. The monoisotopic (exact) mass is 340 g/mol. The summed E-state index contributed by atoms with van der Waals surface area (Å²) < 4.78 is 12.5. The third kappa shape index (κ3) is 6.62. The Morgan fingerprint density at radius 1 is 1.00 bits per heavy atom. The van der Waals surface area contributed by atoms with Gasteiger partial charge in [-0.15, -0.1) is 0 Å². The predicted molar refractivity (Wildman–Crippen MR) is 101 cm³/mol. The molecule has 0 radical (unpaired) electrons. The van der Waals surface area contributed by atoms with E-state index in [1.807, 2.05) is 0 Å². The molecule has 1 N–H and O–H groups in total. The summed E-state index contributed by atoms with van der Waals surface area (Å²) in [5.74, 6) is 0. The van der Waals surface area contributed by atoms with Gasteiger partial charge in [-0.2, -0.15) is 0 Å². The van der Waals surface area contributed by atoms with Crippen molar-refractivity contribution < 1.29 is 9.47 Å². The molecule has 0 saturated carbocycles. The predicted octanol–water partition coefficient (Wildman–Crippen LogP) is 3.59. The van der Waals surface area contributed by atoms with E-state index in [9.17, 15) is 0 Å². The molecule has 2 aliphatic heterocycles. The van der Waals surface area contributed by atoms with Gasteiger partial charge in [0.25, 0.3) is 0 Å².